The highest BCUT2D eigenvalue weighted by atomic mass is 19.3. The smallest absolute Gasteiger partial charge is 0.280 e. The van der Waals surface area contributed by atoms with Gasteiger partial charge < -0.3 is 10.1 Å². The third-order valence-corrected chi connectivity index (χ3v) is 3.38. The summed E-state index contributed by atoms with van der Waals surface area (Å²) in [4.78, 5) is 12.7. The molecule has 0 saturated carbocycles. The SMILES string of the molecule is COCCCCCN1CCC(NC(C)=O)C(F)(F)C1. The predicted molar refractivity (Wildman–Crippen MR) is 69.3 cm³/mol. The monoisotopic (exact) mass is 278 g/mol. The fourth-order valence-corrected chi connectivity index (χ4v) is 2.38. The summed E-state index contributed by atoms with van der Waals surface area (Å²) < 4.78 is 32.6. The maximum absolute atomic E-state index is 13.8. The van der Waals surface area contributed by atoms with Crippen molar-refractivity contribution in [3.63, 3.8) is 0 Å². The van der Waals surface area contributed by atoms with Crippen LogP contribution in [0.5, 0.6) is 0 Å². The third kappa shape index (κ3) is 5.82. The molecule has 1 aliphatic rings. The minimum Gasteiger partial charge on any atom is -0.385 e. The van der Waals surface area contributed by atoms with Crippen molar-refractivity contribution in [2.45, 2.75) is 44.6 Å². The first-order chi connectivity index (χ1) is 8.95. The average molecular weight is 278 g/mol. The number of halogens is 2. The van der Waals surface area contributed by atoms with Crippen LogP contribution < -0.4 is 5.32 Å². The lowest BCUT2D eigenvalue weighted by molar-refractivity contribution is -0.128. The van der Waals surface area contributed by atoms with Crippen molar-refractivity contribution in [1.82, 2.24) is 10.2 Å². The minimum absolute atomic E-state index is 0.262. The molecule has 19 heavy (non-hydrogen) atoms. The van der Waals surface area contributed by atoms with E-state index in [1.165, 1.54) is 6.92 Å². The largest absolute Gasteiger partial charge is 0.385 e. The quantitative estimate of drug-likeness (QED) is 0.720. The van der Waals surface area contributed by atoms with E-state index in [0.717, 1.165) is 25.9 Å². The molecule has 1 atom stereocenters. The lowest BCUT2D eigenvalue weighted by Gasteiger charge is -2.38. The molecule has 1 aliphatic heterocycles. The molecule has 1 fully saturated rings. The van der Waals surface area contributed by atoms with Crippen LogP contribution in [-0.2, 0) is 9.53 Å². The highest BCUT2D eigenvalue weighted by molar-refractivity contribution is 5.73. The van der Waals surface area contributed by atoms with Gasteiger partial charge in [0.05, 0.1) is 12.6 Å². The standard InChI is InChI=1S/C13H24F2N2O2/c1-11(18)16-12-6-8-17(10-13(12,14)15)7-4-3-5-9-19-2/h12H,3-10H2,1-2H3,(H,16,18). The van der Waals surface area contributed by atoms with Gasteiger partial charge in [-0.1, -0.05) is 0 Å². The summed E-state index contributed by atoms with van der Waals surface area (Å²) in [5.74, 6) is -3.23. The van der Waals surface area contributed by atoms with Gasteiger partial charge in [-0.3, -0.25) is 9.69 Å². The van der Waals surface area contributed by atoms with Gasteiger partial charge in [0.15, 0.2) is 0 Å². The summed E-state index contributed by atoms with van der Waals surface area (Å²) in [5, 5.41) is 2.34. The van der Waals surface area contributed by atoms with Gasteiger partial charge >= 0.3 is 0 Å². The Morgan fingerprint density at radius 2 is 2.16 bits per heavy atom. The zero-order chi connectivity index (χ0) is 14.3. The zero-order valence-electron chi connectivity index (χ0n) is 11.8. The van der Waals surface area contributed by atoms with Gasteiger partial charge in [0.2, 0.25) is 5.91 Å². The molecule has 1 heterocycles. The molecular formula is C13H24F2N2O2. The molecule has 0 aromatic heterocycles. The molecule has 0 radical (unpaired) electrons. The van der Waals surface area contributed by atoms with Crippen molar-refractivity contribution in [1.29, 1.82) is 0 Å². The van der Waals surface area contributed by atoms with Crippen molar-refractivity contribution in [2.24, 2.45) is 0 Å². The number of methoxy groups -OCH3 is 1. The molecule has 1 rings (SSSR count). The number of nitrogens with zero attached hydrogens (tertiary/aromatic N) is 1. The van der Waals surface area contributed by atoms with E-state index in [1.807, 2.05) is 0 Å². The number of piperidine rings is 1. The van der Waals surface area contributed by atoms with E-state index in [4.69, 9.17) is 4.74 Å². The van der Waals surface area contributed by atoms with E-state index in [2.05, 4.69) is 5.32 Å². The molecule has 112 valence electrons. The zero-order valence-corrected chi connectivity index (χ0v) is 11.8. The van der Waals surface area contributed by atoms with E-state index in [-0.39, 0.29) is 6.54 Å². The molecule has 1 unspecified atom stereocenters. The molecular weight excluding hydrogens is 254 g/mol. The van der Waals surface area contributed by atoms with Gasteiger partial charge in [0.1, 0.15) is 0 Å². The van der Waals surface area contributed by atoms with Crippen molar-refractivity contribution in [2.75, 3.05) is 33.4 Å². The number of hydrogen-bond acceptors (Lipinski definition) is 3. The predicted octanol–water partition coefficient (Wildman–Crippen LogP) is 1.65. The van der Waals surface area contributed by atoms with Crippen LogP contribution in [-0.4, -0.2) is 56.1 Å². The second-order valence-corrected chi connectivity index (χ2v) is 5.13. The van der Waals surface area contributed by atoms with Crippen molar-refractivity contribution < 1.29 is 18.3 Å². The van der Waals surface area contributed by atoms with Crippen LogP contribution in [0.2, 0.25) is 0 Å². The molecule has 1 N–H and O–H groups in total. The second kappa shape index (κ2) is 7.75. The summed E-state index contributed by atoms with van der Waals surface area (Å²) in [7, 11) is 1.66. The number of rotatable bonds is 7. The van der Waals surface area contributed by atoms with E-state index >= 15 is 0 Å². The summed E-state index contributed by atoms with van der Waals surface area (Å²) in [5.41, 5.74) is 0. The van der Waals surface area contributed by atoms with E-state index in [1.54, 1.807) is 12.0 Å². The Balaban J connectivity index is 2.28. The first-order valence-electron chi connectivity index (χ1n) is 6.82. The van der Waals surface area contributed by atoms with Crippen LogP contribution in [0.15, 0.2) is 0 Å². The number of carbonyl (C=O) groups excluding carboxylic acids is 1. The highest BCUT2D eigenvalue weighted by Gasteiger charge is 2.44. The first kappa shape index (κ1) is 16.3. The van der Waals surface area contributed by atoms with Crippen molar-refractivity contribution in [3.05, 3.63) is 0 Å². The third-order valence-electron chi connectivity index (χ3n) is 3.38. The Kier molecular flexibility index (Phi) is 6.65. The Morgan fingerprint density at radius 1 is 1.42 bits per heavy atom. The summed E-state index contributed by atoms with van der Waals surface area (Å²) in [6.45, 7) is 3.04. The van der Waals surface area contributed by atoms with E-state index in [9.17, 15) is 13.6 Å². The average Bonchev–Trinajstić information content (AvgIpc) is 2.31. The van der Waals surface area contributed by atoms with Crippen LogP contribution >= 0.6 is 0 Å². The van der Waals surface area contributed by atoms with Crippen molar-refractivity contribution in [3.8, 4) is 0 Å². The molecule has 1 amide bonds. The Labute approximate surface area is 113 Å². The molecule has 0 bridgehead atoms. The van der Waals surface area contributed by atoms with Crippen LogP contribution in [0.1, 0.15) is 32.6 Å². The fourth-order valence-electron chi connectivity index (χ4n) is 2.38. The highest BCUT2D eigenvalue weighted by Crippen LogP contribution is 2.27. The van der Waals surface area contributed by atoms with Crippen LogP contribution in [0.4, 0.5) is 8.78 Å². The van der Waals surface area contributed by atoms with Crippen LogP contribution in [0.3, 0.4) is 0 Å². The van der Waals surface area contributed by atoms with Gasteiger partial charge in [-0.15, -0.1) is 0 Å². The number of likely N-dealkylation sites (tertiary alicyclic amines) is 1. The van der Waals surface area contributed by atoms with Gasteiger partial charge in [-0.2, -0.15) is 0 Å². The molecule has 6 heteroatoms. The van der Waals surface area contributed by atoms with Gasteiger partial charge in [0, 0.05) is 27.2 Å². The molecule has 1 saturated heterocycles. The van der Waals surface area contributed by atoms with Crippen LogP contribution in [0, 0.1) is 0 Å². The second-order valence-electron chi connectivity index (χ2n) is 5.13. The maximum atomic E-state index is 13.8. The number of ether oxygens (including phenoxy) is 1. The molecule has 0 aliphatic carbocycles. The molecule has 0 spiro atoms. The lowest BCUT2D eigenvalue weighted by Crippen LogP contribution is -2.58. The van der Waals surface area contributed by atoms with E-state index in [0.29, 0.717) is 19.5 Å². The van der Waals surface area contributed by atoms with Gasteiger partial charge in [0.25, 0.3) is 5.92 Å². The summed E-state index contributed by atoms with van der Waals surface area (Å²) in [6.07, 6.45) is 3.18. The van der Waals surface area contributed by atoms with Crippen LogP contribution in [0.25, 0.3) is 0 Å². The fraction of sp³-hybridized carbons (Fsp3) is 0.923. The van der Waals surface area contributed by atoms with Gasteiger partial charge in [-0.05, 0) is 32.2 Å². The number of alkyl halides is 2. The van der Waals surface area contributed by atoms with E-state index < -0.39 is 17.9 Å². The van der Waals surface area contributed by atoms with Crippen molar-refractivity contribution >= 4 is 5.91 Å². The number of nitrogens with one attached hydrogen (secondary N) is 1. The number of carbonyl (C=O) groups is 1. The minimum atomic E-state index is -2.84. The number of hydrogen-bond donors (Lipinski definition) is 1. The Bertz CT molecular complexity index is 288. The number of unbranched alkanes of at least 4 members (excludes halogenated alkanes) is 2. The molecule has 4 nitrogen and oxygen atoms in total. The first-order valence-corrected chi connectivity index (χ1v) is 6.82. The maximum Gasteiger partial charge on any atom is 0.280 e. The summed E-state index contributed by atoms with van der Waals surface area (Å²) >= 11 is 0. The normalized spacial score (nSPS) is 23.3. The molecule has 0 aromatic rings. The van der Waals surface area contributed by atoms with Gasteiger partial charge in [-0.25, -0.2) is 8.78 Å². The molecule has 0 aromatic carbocycles. The lowest BCUT2D eigenvalue weighted by atomic mass is 10.0. The Hall–Kier alpha value is -0.750. The Morgan fingerprint density at radius 3 is 2.74 bits per heavy atom. The number of amides is 1. The topological polar surface area (TPSA) is 41.6 Å². The summed E-state index contributed by atoms with van der Waals surface area (Å²) in [6, 6.07) is -1.02.